The smallest absolute Gasteiger partial charge is 0.332 e. The van der Waals surface area contributed by atoms with Gasteiger partial charge in [-0.3, -0.25) is 23.5 Å². The predicted molar refractivity (Wildman–Crippen MR) is 96.1 cm³/mol. The number of carbonyl (C=O) groups is 2. The fourth-order valence-corrected chi connectivity index (χ4v) is 2.46. The van der Waals surface area contributed by atoms with Crippen LogP contribution in [0.25, 0.3) is 0 Å². The molecule has 0 aliphatic heterocycles. The number of anilines is 1. The number of aromatic nitrogens is 2. The number of carbonyl (C=O) groups excluding carboxylic acids is 2. The first-order chi connectivity index (χ1) is 12.4. The number of rotatable bonds is 7. The SMILES string of the molecule is CCCC(=O)OCC(=O)c1c(N)n(Cc2ccccc2)c(=O)n(C)c1=O. The highest BCUT2D eigenvalue weighted by molar-refractivity contribution is 6.01. The summed E-state index contributed by atoms with van der Waals surface area (Å²) in [7, 11) is 1.27. The molecule has 138 valence electrons. The van der Waals surface area contributed by atoms with Crippen molar-refractivity contribution in [2.45, 2.75) is 26.3 Å². The van der Waals surface area contributed by atoms with Gasteiger partial charge in [0.05, 0.1) is 6.54 Å². The summed E-state index contributed by atoms with van der Waals surface area (Å²) >= 11 is 0. The number of hydrogen-bond acceptors (Lipinski definition) is 6. The number of ketones is 1. The lowest BCUT2D eigenvalue weighted by molar-refractivity contribution is -0.142. The Labute approximate surface area is 149 Å². The summed E-state index contributed by atoms with van der Waals surface area (Å²) in [6.45, 7) is 1.31. The van der Waals surface area contributed by atoms with Gasteiger partial charge in [-0.25, -0.2) is 4.79 Å². The van der Waals surface area contributed by atoms with Crippen LogP contribution in [0, 0.1) is 0 Å². The quantitative estimate of drug-likeness (QED) is 0.575. The van der Waals surface area contributed by atoms with Gasteiger partial charge in [-0.2, -0.15) is 0 Å². The highest BCUT2D eigenvalue weighted by Gasteiger charge is 2.22. The van der Waals surface area contributed by atoms with Crippen LogP contribution in [0.1, 0.15) is 35.7 Å². The van der Waals surface area contributed by atoms with E-state index >= 15 is 0 Å². The number of ether oxygens (including phenoxy) is 1. The van der Waals surface area contributed by atoms with Crippen molar-refractivity contribution in [3.8, 4) is 0 Å². The third-order valence-corrected chi connectivity index (χ3v) is 3.86. The molecule has 2 rings (SSSR count). The molecule has 0 saturated heterocycles. The van der Waals surface area contributed by atoms with E-state index in [2.05, 4.69) is 0 Å². The van der Waals surface area contributed by atoms with Crippen LogP contribution in [0.2, 0.25) is 0 Å². The Hall–Kier alpha value is -3.16. The maximum atomic E-state index is 12.4. The molecule has 2 N–H and O–H groups in total. The number of nitrogen functional groups attached to an aromatic ring is 1. The summed E-state index contributed by atoms with van der Waals surface area (Å²) in [6.07, 6.45) is 0.757. The first-order valence-corrected chi connectivity index (χ1v) is 8.18. The number of nitrogens with two attached hydrogens (primary N) is 1. The Kier molecular flexibility index (Phi) is 6.11. The Bertz CT molecular complexity index is 928. The highest BCUT2D eigenvalue weighted by atomic mass is 16.5. The lowest BCUT2D eigenvalue weighted by Crippen LogP contribution is -2.43. The molecule has 0 aliphatic carbocycles. The fraction of sp³-hybridized carbons (Fsp3) is 0.333. The van der Waals surface area contributed by atoms with Crippen molar-refractivity contribution in [1.29, 1.82) is 0 Å². The summed E-state index contributed by atoms with van der Waals surface area (Å²) in [4.78, 5) is 48.5. The maximum Gasteiger partial charge on any atom is 0.332 e. The summed E-state index contributed by atoms with van der Waals surface area (Å²) < 4.78 is 6.83. The van der Waals surface area contributed by atoms with Gasteiger partial charge in [-0.15, -0.1) is 0 Å². The molecule has 0 saturated carbocycles. The number of nitrogens with zero attached hydrogens (tertiary/aromatic N) is 2. The highest BCUT2D eigenvalue weighted by Crippen LogP contribution is 2.09. The summed E-state index contributed by atoms with van der Waals surface area (Å²) in [5.74, 6) is -1.51. The van der Waals surface area contributed by atoms with Crippen LogP contribution in [0.3, 0.4) is 0 Å². The van der Waals surface area contributed by atoms with E-state index in [-0.39, 0.29) is 24.3 Å². The second-order valence-electron chi connectivity index (χ2n) is 5.81. The average molecular weight is 359 g/mol. The second kappa shape index (κ2) is 8.28. The van der Waals surface area contributed by atoms with Gasteiger partial charge < -0.3 is 10.5 Å². The monoisotopic (exact) mass is 359 g/mol. The first-order valence-electron chi connectivity index (χ1n) is 8.18. The summed E-state index contributed by atoms with van der Waals surface area (Å²) in [5, 5.41) is 0. The number of hydrogen-bond donors (Lipinski definition) is 1. The Morgan fingerprint density at radius 2 is 1.81 bits per heavy atom. The molecule has 1 aromatic carbocycles. The second-order valence-corrected chi connectivity index (χ2v) is 5.81. The number of Topliss-reactive ketones (excluding diaryl/α,β-unsaturated/α-hetero) is 1. The van der Waals surface area contributed by atoms with E-state index in [1.54, 1.807) is 31.2 Å². The van der Waals surface area contributed by atoms with Gasteiger partial charge in [0.1, 0.15) is 11.4 Å². The average Bonchev–Trinajstić information content (AvgIpc) is 2.63. The minimum Gasteiger partial charge on any atom is -0.457 e. The minimum atomic E-state index is -0.812. The lowest BCUT2D eigenvalue weighted by atomic mass is 10.2. The van der Waals surface area contributed by atoms with E-state index in [4.69, 9.17) is 10.5 Å². The zero-order valence-electron chi connectivity index (χ0n) is 14.7. The van der Waals surface area contributed by atoms with Crippen LogP contribution >= 0.6 is 0 Å². The van der Waals surface area contributed by atoms with Crippen molar-refractivity contribution in [3.05, 3.63) is 62.3 Å². The molecule has 0 amide bonds. The lowest BCUT2D eigenvalue weighted by Gasteiger charge is -2.14. The molecule has 8 heteroatoms. The molecule has 0 atom stereocenters. The molecule has 8 nitrogen and oxygen atoms in total. The largest absolute Gasteiger partial charge is 0.457 e. The third kappa shape index (κ3) is 4.08. The zero-order valence-corrected chi connectivity index (χ0v) is 14.7. The zero-order chi connectivity index (χ0) is 19.3. The Morgan fingerprint density at radius 1 is 1.15 bits per heavy atom. The Balaban J connectivity index is 2.40. The molecular formula is C18H21N3O5. The van der Waals surface area contributed by atoms with Crippen molar-refractivity contribution >= 4 is 17.6 Å². The van der Waals surface area contributed by atoms with Gasteiger partial charge in [0.2, 0.25) is 5.78 Å². The normalized spacial score (nSPS) is 10.5. The van der Waals surface area contributed by atoms with Crippen LogP contribution < -0.4 is 17.0 Å². The van der Waals surface area contributed by atoms with Crippen molar-refractivity contribution in [1.82, 2.24) is 9.13 Å². The number of benzene rings is 1. The van der Waals surface area contributed by atoms with Gasteiger partial charge in [0, 0.05) is 13.5 Å². The minimum absolute atomic E-state index is 0.107. The van der Waals surface area contributed by atoms with Crippen molar-refractivity contribution in [2.75, 3.05) is 12.3 Å². The molecule has 0 spiro atoms. The molecule has 1 heterocycles. The first kappa shape index (κ1) is 19.2. The fourth-order valence-electron chi connectivity index (χ4n) is 2.46. The molecular weight excluding hydrogens is 338 g/mol. The molecule has 26 heavy (non-hydrogen) atoms. The summed E-state index contributed by atoms with van der Waals surface area (Å²) in [6, 6.07) is 9.03. The maximum absolute atomic E-state index is 12.4. The van der Waals surface area contributed by atoms with Crippen LogP contribution in [0.4, 0.5) is 5.82 Å². The van der Waals surface area contributed by atoms with Crippen molar-refractivity contribution in [2.24, 2.45) is 7.05 Å². The predicted octanol–water partition coefficient (Wildman–Crippen LogP) is 0.704. The van der Waals surface area contributed by atoms with Crippen LogP contribution in [0.15, 0.2) is 39.9 Å². The van der Waals surface area contributed by atoms with Crippen molar-refractivity contribution < 1.29 is 14.3 Å². The van der Waals surface area contributed by atoms with E-state index in [0.717, 1.165) is 14.7 Å². The van der Waals surface area contributed by atoms with E-state index in [1.807, 2.05) is 6.07 Å². The third-order valence-electron chi connectivity index (χ3n) is 3.86. The summed E-state index contributed by atoms with van der Waals surface area (Å²) in [5.41, 5.74) is 4.95. The van der Waals surface area contributed by atoms with Crippen LogP contribution in [0.5, 0.6) is 0 Å². The standard InChI is InChI=1S/C18H21N3O5/c1-3-7-14(23)26-11-13(22)15-16(19)21(18(25)20(2)17(15)24)10-12-8-5-4-6-9-12/h4-6,8-9H,3,7,10-11,19H2,1-2H3. The molecule has 0 radical (unpaired) electrons. The van der Waals surface area contributed by atoms with Crippen LogP contribution in [-0.4, -0.2) is 27.5 Å². The topological polar surface area (TPSA) is 113 Å². The van der Waals surface area contributed by atoms with E-state index in [1.165, 1.54) is 7.05 Å². The van der Waals surface area contributed by atoms with Gasteiger partial charge in [0.25, 0.3) is 5.56 Å². The van der Waals surface area contributed by atoms with Gasteiger partial charge in [-0.05, 0) is 12.0 Å². The Morgan fingerprint density at radius 3 is 2.42 bits per heavy atom. The molecule has 0 aliphatic rings. The van der Waals surface area contributed by atoms with E-state index < -0.39 is 29.6 Å². The van der Waals surface area contributed by atoms with E-state index in [9.17, 15) is 19.2 Å². The molecule has 2 aromatic rings. The molecule has 1 aromatic heterocycles. The van der Waals surface area contributed by atoms with Gasteiger partial charge in [0.15, 0.2) is 6.61 Å². The number of esters is 1. The van der Waals surface area contributed by atoms with Gasteiger partial charge in [-0.1, -0.05) is 37.3 Å². The molecule has 0 fully saturated rings. The molecule has 0 unspecified atom stereocenters. The van der Waals surface area contributed by atoms with Crippen molar-refractivity contribution in [3.63, 3.8) is 0 Å². The molecule has 0 bridgehead atoms. The van der Waals surface area contributed by atoms with Gasteiger partial charge >= 0.3 is 11.7 Å². The van der Waals surface area contributed by atoms with E-state index in [0.29, 0.717) is 6.42 Å². The van der Waals surface area contributed by atoms with Crippen LogP contribution in [-0.2, 0) is 23.1 Å².